The van der Waals surface area contributed by atoms with Gasteiger partial charge in [0.1, 0.15) is 0 Å². The van der Waals surface area contributed by atoms with Gasteiger partial charge in [-0.3, -0.25) is 4.90 Å². The van der Waals surface area contributed by atoms with Crippen LogP contribution in [0.25, 0.3) is 0 Å². The summed E-state index contributed by atoms with van der Waals surface area (Å²) in [6, 6.07) is 10.1. The number of benzene rings is 1. The van der Waals surface area contributed by atoms with Crippen molar-refractivity contribution in [3.8, 4) is 6.07 Å². The largest absolute Gasteiger partial charge is 0.378 e. The summed E-state index contributed by atoms with van der Waals surface area (Å²) in [6.45, 7) is 5.86. The minimum Gasteiger partial charge on any atom is -0.378 e. The molecule has 0 aliphatic carbocycles. The van der Waals surface area contributed by atoms with Crippen LogP contribution in [0, 0.1) is 11.3 Å². The highest BCUT2D eigenvalue weighted by molar-refractivity contribution is 5.37. The molecule has 0 saturated carbocycles. The lowest BCUT2D eigenvalue weighted by molar-refractivity contribution is 0.0125. The van der Waals surface area contributed by atoms with E-state index >= 15 is 0 Å². The molecule has 0 spiro atoms. The Kier molecular flexibility index (Phi) is 4.74. The summed E-state index contributed by atoms with van der Waals surface area (Å²) in [4.78, 5) is 2.41. The first-order valence-corrected chi connectivity index (χ1v) is 6.65. The molecule has 1 aromatic carbocycles. The third-order valence-electron chi connectivity index (χ3n) is 3.47. The molecule has 1 aliphatic heterocycles. The second-order valence-electron chi connectivity index (χ2n) is 4.70. The Hall–Kier alpha value is -1.37. The fourth-order valence-electron chi connectivity index (χ4n) is 2.48. The fraction of sp³-hybridized carbons (Fsp3) is 0.533. The maximum absolute atomic E-state index is 9.07. The van der Waals surface area contributed by atoms with Crippen LogP contribution in [-0.2, 0) is 11.3 Å². The van der Waals surface area contributed by atoms with Crippen molar-refractivity contribution in [1.29, 1.82) is 5.26 Å². The Morgan fingerprint density at radius 1 is 1.33 bits per heavy atom. The number of rotatable bonds is 4. The Labute approximate surface area is 109 Å². The second kappa shape index (κ2) is 6.53. The van der Waals surface area contributed by atoms with E-state index in [1.54, 1.807) is 0 Å². The van der Waals surface area contributed by atoms with Crippen molar-refractivity contribution in [1.82, 2.24) is 4.90 Å². The molecule has 1 heterocycles. The number of nitrogens with zero attached hydrogens (tertiary/aromatic N) is 2. The lowest BCUT2D eigenvalue weighted by atomic mass is 10.0. The van der Waals surface area contributed by atoms with Gasteiger partial charge in [-0.15, -0.1) is 0 Å². The number of hydrogen-bond donors (Lipinski definition) is 0. The molecule has 3 heteroatoms. The molecular weight excluding hydrogens is 224 g/mol. The third-order valence-corrected chi connectivity index (χ3v) is 3.47. The van der Waals surface area contributed by atoms with Crippen LogP contribution in [0.2, 0.25) is 0 Å². The van der Waals surface area contributed by atoms with Gasteiger partial charge in [0.25, 0.3) is 0 Å². The van der Waals surface area contributed by atoms with E-state index in [-0.39, 0.29) is 0 Å². The SMILES string of the molecule is CCOC1CCN(Cc2ccccc2C#N)CC1. The summed E-state index contributed by atoms with van der Waals surface area (Å²) in [5.41, 5.74) is 1.93. The van der Waals surface area contributed by atoms with Gasteiger partial charge < -0.3 is 4.74 Å². The lowest BCUT2D eigenvalue weighted by Gasteiger charge is -2.31. The van der Waals surface area contributed by atoms with Crippen molar-refractivity contribution < 1.29 is 4.74 Å². The predicted molar refractivity (Wildman–Crippen MR) is 71.1 cm³/mol. The first-order chi connectivity index (χ1) is 8.83. The van der Waals surface area contributed by atoms with E-state index in [0.29, 0.717) is 6.10 Å². The van der Waals surface area contributed by atoms with Crippen molar-refractivity contribution in [2.75, 3.05) is 19.7 Å². The molecule has 96 valence electrons. The molecule has 0 bridgehead atoms. The van der Waals surface area contributed by atoms with Gasteiger partial charge in [0.2, 0.25) is 0 Å². The van der Waals surface area contributed by atoms with Crippen LogP contribution in [0.1, 0.15) is 30.9 Å². The smallest absolute Gasteiger partial charge is 0.0995 e. The zero-order valence-corrected chi connectivity index (χ0v) is 10.9. The Morgan fingerprint density at radius 3 is 2.72 bits per heavy atom. The molecule has 0 radical (unpaired) electrons. The number of likely N-dealkylation sites (tertiary alicyclic amines) is 1. The summed E-state index contributed by atoms with van der Waals surface area (Å²) in [5, 5.41) is 9.07. The first kappa shape index (κ1) is 13.1. The Bertz CT molecular complexity index is 417. The van der Waals surface area contributed by atoms with Gasteiger partial charge in [-0.1, -0.05) is 18.2 Å². The van der Waals surface area contributed by atoms with Crippen LogP contribution < -0.4 is 0 Å². The zero-order chi connectivity index (χ0) is 12.8. The van der Waals surface area contributed by atoms with Gasteiger partial charge in [0.15, 0.2) is 0 Å². The van der Waals surface area contributed by atoms with Crippen molar-refractivity contribution in [3.05, 3.63) is 35.4 Å². The molecule has 0 atom stereocenters. The molecule has 1 fully saturated rings. The first-order valence-electron chi connectivity index (χ1n) is 6.65. The molecule has 1 saturated heterocycles. The van der Waals surface area contributed by atoms with Crippen molar-refractivity contribution in [3.63, 3.8) is 0 Å². The Morgan fingerprint density at radius 2 is 2.06 bits per heavy atom. The second-order valence-corrected chi connectivity index (χ2v) is 4.70. The number of ether oxygens (including phenoxy) is 1. The van der Waals surface area contributed by atoms with Gasteiger partial charge in [-0.25, -0.2) is 0 Å². The molecule has 2 rings (SSSR count). The molecule has 18 heavy (non-hydrogen) atoms. The summed E-state index contributed by atoms with van der Waals surface area (Å²) in [6.07, 6.45) is 2.63. The maximum Gasteiger partial charge on any atom is 0.0995 e. The van der Waals surface area contributed by atoms with Gasteiger partial charge in [0.05, 0.1) is 17.7 Å². The van der Waals surface area contributed by atoms with Crippen molar-refractivity contribution in [2.24, 2.45) is 0 Å². The van der Waals surface area contributed by atoms with Gasteiger partial charge in [-0.05, 0) is 31.4 Å². The van der Waals surface area contributed by atoms with E-state index in [9.17, 15) is 0 Å². The van der Waals surface area contributed by atoms with E-state index in [1.165, 1.54) is 0 Å². The predicted octanol–water partition coefficient (Wildman–Crippen LogP) is 2.56. The summed E-state index contributed by atoms with van der Waals surface area (Å²) < 4.78 is 5.65. The average molecular weight is 244 g/mol. The van der Waals surface area contributed by atoms with Crippen LogP contribution in [0.3, 0.4) is 0 Å². The minimum absolute atomic E-state index is 0.428. The molecule has 0 N–H and O–H groups in total. The number of nitriles is 1. The van der Waals surface area contributed by atoms with Gasteiger partial charge >= 0.3 is 0 Å². The molecule has 3 nitrogen and oxygen atoms in total. The van der Waals surface area contributed by atoms with Crippen LogP contribution >= 0.6 is 0 Å². The quantitative estimate of drug-likeness (QED) is 0.816. The summed E-state index contributed by atoms with van der Waals surface area (Å²) in [7, 11) is 0. The third kappa shape index (κ3) is 3.32. The fourth-order valence-corrected chi connectivity index (χ4v) is 2.48. The monoisotopic (exact) mass is 244 g/mol. The molecular formula is C15H20N2O. The minimum atomic E-state index is 0.428. The normalized spacial score (nSPS) is 17.6. The van der Waals surface area contributed by atoms with Crippen LogP contribution in [0.15, 0.2) is 24.3 Å². The van der Waals surface area contributed by atoms with Crippen LogP contribution in [-0.4, -0.2) is 30.7 Å². The van der Waals surface area contributed by atoms with E-state index < -0.39 is 0 Å². The average Bonchev–Trinajstić information content (AvgIpc) is 2.42. The molecule has 0 amide bonds. The van der Waals surface area contributed by atoms with E-state index in [2.05, 4.69) is 17.9 Å². The van der Waals surface area contributed by atoms with Crippen LogP contribution in [0.4, 0.5) is 0 Å². The zero-order valence-electron chi connectivity index (χ0n) is 10.9. The van der Waals surface area contributed by atoms with E-state index in [1.807, 2.05) is 24.3 Å². The van der Waals surface area contributed by atoms with Gasteiger partial charge in [0, 0.05) is 26.2 Å². The van der Waals surface area contributed by atoms with Crippen LogP contribution in [0.5, 0.6) is 0 Å². The summed E-state index contributed by atoms with van der Waals surface area (Å²) in [5.74, 6) is 0. The van der Waals surface area contributed by atoms with Crippen molar-refractivity contribution >= 4 is 0 Å². The van der Waals surface area contributed by atoms with Gasteiger partial charge in [-0.2, -0.15) is 5.26 Å². The highest BCUT2D eigenvalue weighted by Gasteiger charge is 2.19. The maximum atomic E-state index is 9.07. The number of piperidine rings is 1. The highest BCUT2D eigenvalue weighted by Crippen LogP contribution is 2.17. The lowest BCUT2D eigenvalue weighted by Crippen LogP contribution is -2.36. The van der Waals surface area contributed by atoms with E-state index in [4.69, 9.17) is 10.00 Å². The molecule has 1 aliphatic rings. The topological polar surface area (TPSA) is 36.3 Å². The number of hydrogen-bond acceptors (Lipinski definition) is 3. The highest BCUT2D eigenvalue weighted by atomic mass is 16.5. The van der Waals surface area contributed by atoms with E-state index in [0.717, 1.165) is 50.2 Å². The Balaban J connectivity index is 1.90. The molecule has 0 aromatic heterocycles. The van der Waals surface area contributed by atoms with Crippen molar-refractivity contribution in [2.45, 2.75) is 32.4 Å². The standard InChI is InChI=1S/C15H20N2O/c1-2-18-15-7-9-17(10-8-15)12-14-6-4-3-5-13(14)11-16/h3-6,15H,2,7-10,12H2,1H3. The summed E-state index contributed by atoms with van der Waals surface area (Å²) >= 11 is 0. The molecule has 0 unspecified atom stereocenters. The molecule has 1 aromatic rings.